The molecule has 0 fully saturated rings. The highest BCUT2D eigenvalue weighted by Gasteiger charge is 2.06. The maximum Gasteiger partial charge on any atom is 0.140 e. The van der Waals surface area contributed by atoms with Crippen molar-refractivity contribution in [1.82, 2.24) is 4.98 Å². The third-order valence-electron chi connectivity index (χ3n) is 3.28. The van der Waals surface area contributed by atoms with Crippen molar-refractivity contribution in [1.29, 1.82) is 5.26 Å². The smallest absolute Gasteiger partial charge is 0.140 e. The monoisotopic (exact) mass is 322 g/mol. The van der Waals surface area contributed by atoms with Crippen molar-refractivity contribution < 1.29 is 9.47 Å². The quantitative estimate of drug-likeness (QED) is 0.704. The second kappa shape index (κ2) is 6.95. The first-order valence-corrected chi connectivity index (χ1v) is 7.88. The van der Waals surface area contributed by atoms with Crippen LogP contribution in [0.4, 0.5) is 0 Å². The van der Waals surface area contributed by atoms with E-state index in [0.717, 1.165) is 27.8 Å². The number of benzene rings is 2. The largest absolute Gasteiger partial charge is 0.497 e. The summed E-state index contributed by atoms with van der Waals surface area (Å²) in [5.41, 5.74) is 2.54. The Labute approximate surface area is 138 Å². The maximum absolute atomic E-state index is 8.83. The molecule has 0 amide bonds. The molecular formula is C18H14N2O2S. The number of ether oxygens (including phenoxy) is 2. The summed E-state index contributed by atoms with van der Waals surface area (Å²) >= 11 is 1.56. The second-order valence-corrected chi connectivity index (χ2v) is 5.72. The van der Waals surface area contributed by atoms with Gasteiger partial charge in [-0.15, -0.1) is 11.3 Å². The molecular weight excluding hydrogens is 308 g/mol. The highest BCUT2D eigenvalue weighted by atomic mass is 32.1. The molecule has 0 N–H and O–H groups in total. The van der Waals surface area contributed by atoms with Crippen molar-refractivity contribution >= 4 is 11.3 Å². The van der Waals surface area contributed by atoms with Gasteiger partial charge in [-0.2, -0.15) is 5.26 Å². The van der Waals surface area contributed by atoms with Crippen molar-refractivity contribution in [2.75, 3.05) is 7.11 Å². The van der Waals surface area contributed by atoms with Gasteiger partial charge in [-0.3, -0.25) is 0 Å². The Morgan fingerprint density at radius 1 is 1.04 bits per heavy atom. The van der Waals surface area contributed by atoms with Gasteiger partial charge in [-0.05, 0) is 36.4 Å². The minimum Gasteiger partial charge on any atom is -0.497 e. The van der Waals surface area contributed by atoms with Crippen LogP contribution >= 0.6 is 11.3 Å². The van der Waals surface area contributed by atoms with E-state index in [0.29, 0.717) is 12.2 Å². The van der Waals surface area contributed by atoms with Crippen LogP contribution in [0.15, 0.2) is 53.9 Å². The van der Waals surface area contributed by atoms with Crippen molar-refractivity contribution in [2.24, 2.45) is 0 Å². The average Bonchev–Trinajstić information content (AvgIpc) is 3.09. The van der Waals surface area contributed by atoms with Crippen LogP contribution in [0.1, 0.15) is 10.6 Å². The fourth-order valence-corrected chi connectivity index (χ4v) is 2.76. The predicted octanol–water partition coefficient (Wildman–Crippen LogP) is 4.27. The van der Waals surface area contributed by atoms with Gasteiger partial charge in [0.05, 0.1) is 24.4 Å². The lowest BCUT2D eigenvalue weighted by atomic mass is 10.1. The van der Waals surface area contributed by atoms with E-state index < -0.39 is 0 Å². The number of aromatic nitrogens is 1. The number of nitriles is 1. The summed E-state index contributed by atoms with van der Waals surface area (Å²) in [6, 6.07) is 17.0. The average molecular weight is 322 g/mol. The second-order valence-electron chi connectivity index (χ2n) is 4.78. The van der Waals surface area contributed by atoms with E-state index in [1.54, 1.807) is 30.6 Å². The van der Waals surface area contributed by atoms with Gasteiger partial charge in [0.2, 0.25) is 0 Å². The molecule has 0 bridgehead atoms. The van der Waals surface area contributed by atoms with Crippen LogP contribution in [-0.4, -0.2) is 12.1 Å². The molecule has 3 aromatic rings. The molecule has 4 nitrogen and oxygen atoms in total. The molecule has 0 saturated heterocycles. The minimum atomic E-state index is 0.424. The Morgan fingerprint density at radius 2 is 1.74 bits per heavy atom. The van der Waals surface area contributed by atoms with Crippen LogP contribution in [-0.2, 0) is 6.61 Å². The van der Waals surface area contributed by atoms with Crippen molar-refractivity contribution in [2.45, 2.75) is 6.61 Å². The number of methoxy groups -OCH3 is 1. The lowest BCUT2D eigenvalue weighted by Crippen LogP contribution is -1.95. The molecule has 1 aromatic heterocycles. The number of rotatable bonds is 5. The highest BCUT2D eigenvalue weighted by Crippen LogP contribution is 2.24. The molecule has 23 heavy (non-hydrogen) atoms. The van der Waals surface area contributed by atoms with E-state index >= 15 is 0 Å². The van der Waals surface area contributed by atoms with Gasteiger partial charge in [0, 0.05) is 10.9 Å². The molecule has 0 atom stereocenters. The lowest BCUT2D eigenvalue weighted by molar-refractivity contribution is 0.305. The van der Waals surface area contributed by atoms with Gasteiger partial charge in [0.25, 0.3) is 0 Å². The third-order valence-corrected chi connectivity index (χ3v) is 4.11. The van der Waals surface area contributed by atoms with Gasteiger partial charge in [-0.25, -0.2) is 4.98 Å². The van der Waals surface area contributed by atoms with Crippen LogP contribution in [0.5, 0.6) is 11.5 Å². The summed E-state index contributed by atoms with van der Waals surface area (Å²) in [4.78, 5) is 4.57. The number of nitrogens with zero attached hydrogens (tertiary/aromatic N) is 2. The van der Waals surface area contributed by atoms with E-state index in [1.807, 2.05) is 41.8 Å². The molecule has 3 rings (SSSR count). The van der Waals surface area contributed by atoms with E-state index in [4.69, 9.17) is 14.7 Å². The van der Waals surface area contributed by atoms with Crippen LogP contribution in [0.3, 0.4) is 0 Å². The molecule has 0 radical (unpaired) electrons. The zero-order chi connectivity index (χ0) is 16.1. The molecule has 0 saturated carbocycles. The Hall–Kier alpha value is -2.84. The number of hydrogen-bond donors (Lipinski definition) is 0. The molecule has 5 heteroatoms. The molecule has 0 aliphatic rings. The zero-order valence-electron chi connectivity index (χ0n) is 12.5. The summed E-state index contributed by atoms with van der Waals surface area (Å²) in [6.07, 6.45) is 0. The van der Waals surface area contributed by atoms with E-state index in [1.165, 1.54) is 0 Å². The molecule has 0 spiro atoms. The van der Waals surface area contributed by atoms with Crippen LogP contribution in [0, 0.1) is 11.3 Å². The number of thiazole rings is 1. The first kappa shape index (κ1) is 15.1. The van der Waals surface area contributed by atoms with Crippen LogP contribution in [0.2, 0.25) is 0 Å². The summed E-state index contributed by atoms with van der Waals surface area (Å²) in [6.45, 7) is 0.424. The zero-order valence-corrected chi connectivity index (χ0v) is 13.3. The first-order chi connectivity index (χ1) is 11.3. The fraction of sp³-hybridized carbons (Fsp3) is 0.111. The SMILES string of the molecule is COc1ccc(OCc2nc(-c3ccc(C#N)cc3)cs2)cc1. The fourth-order valence-electron chi connectivity index (χ4n) is 2.04. The molecule has 114 valence electrons. The van der Waals surface area contributed by atoms with Crippen molar-refractivity contribution in [3.8, 4) is 28.8 Å². The maximum atomic E-state index is 8.83. The van der Waals surface area contributed by atoms with Crippen LogP contribution < -0.4 is 9.47 Å². The standard InChI is InChI=1S/C18H14N2O2S/c1-21-15-6-8-16(9-7-15)22-11-18-20-17(12-23-18)14-4-2-13(10-19)3-5-14/h2-9,12H,11H2,1H3. The third kappa shape index (κ3) is 3.68. The Bertz CT molecular complexity index is 817. The van der Waals surface area contributed by atoms with E-state index in [2.05, 4.69) is 11.1 Å². The van der Waals surface area contributed by atoms with Crippen LogP contribution in [0.25, 0.3) is 11.3 Å². The summed E-state index contributed by atoms with van der Waals surface area (Å²) in [7, 11) is 1.64. The Kier molecular flexibility index (Phi) is 4.55. The van der Waals surface area contributed by atoms with Gasteiger partial charge in [0.15, 0.2) is 0 Å². The van der Waals surface area contributed by atoms with E-state index in [-0.39, 0.29) is 0 Å². The van der Waals surface area contributed by atoms with Gasteiger partial charge < -0.3 is 9.47 Å². The van der Waals surface area contributed by atoms with Crippen molar-refractivity contribution in [3.63, 3.8) is 0 Å². The van der Waals surface area contributed by atoms with Gasteiger partial charge in [-0.1, -0.05) is 12.1 Å². The molecule has 2 aromatic carbocycles. The molecule has 0 aliphatic heterocycles. The first-order valence-electron chi connectivity index (χ1n) is 7.00. The number of hydrogen-bond acceptors (Lipinski definition) is 5. The lowest BCUT2D eigenvalue weighted by Gasteiger charge is -2.05. The topological polar surface area (TPSA) is 55.1 Å². The normalized spacial score (nSPS) is 10.1. The summed E-state index contributed by atoms with van der Waals surface area (Å²) < 4.78 is 10.8. The summed E-state index contributed by atoms with van der Waals surface area (Å²) in [5.74, 6) is 1.58. The van der Waals surface area contributed by atoms with Gasteiger partial charge in [0.1, 0.15) is 23.1 Å². The van der Waals surface area contributed by atoms with Crippen molar-refractivity contribution in [3.05, 3.63) is 64.5 Å². The van der Waals surface area contributed by atoms with Gasteiger partial charge >= 0.3 is 0 Å². The summed E-state index contributed by atoms with van der Waals surface area (Å²) in [5, 5.41) is 11.7. The Morgan fingerprint density at radius 3 is 2.39 bits per heavy atom. The predicted molar refractivity (Wildman–Crippen MR) is 89.6 cm³/mol. The van der Waals surface area contributed by atoms with E-state index in [9.17, 15) is 0 Å². The molecule has 1 heterocycles. The Balaban J connectivity index is 1.65. The highest BCUT2D eigenvalue weighted by molar-refractivity contribution is 7.09. The molecule has 0 aliphatic carbocycles. The molecule has 0 unspecified atom stereocenters. The minimum absolute atomic E-state index is 0.424.